The molecule has 0 bridgehead atoms. The maximum Gasteiger partial charge on any atom is 0.408 e. The number of hydrogen-bond donors (Lipinski definition) is 2. The van der Waals surface area contributed by atoms with Crippen LogP contribution >= 0.6 is 0 Å². The van der Waals surface area contributed by atoms with E-state index in [4.69, 9.17) is 4.74 Å². The van der Waals surface area contributed by atoms with Gasteiger partial charge in [0.1, 0.15) is 17.7 Å². The number of unbranched alkanes of at least 4 members (excludes halogenated alkanes) is 2. The quantitative estimate of drug-likeness (QED) is 0.339. The molecule has 39 heavy (non-hydrogen) atoms. The number of nitrogens with zero attached hydrogens (tertiary/aromatic N) is 1. The summed E-state index contributed by atoms with van der Waals surface area (Å²) >= 11 is 0. The molecule has 7 heteroatoms. The molecule has 2 unspecified atom stereocenters. The number of aryl methyl sites for hydroxylation is 1. The molecule has 0 aromatic heterocycles. The summed E-state index contributed by atoms with van der Waals surface area (Å²) in [7, 11) is 0. The van der Waals surface area contributed by atoms with Crippen molar-refractivity contribution in [2.24, 2.45) is 0 Å². The summed E-state index contributed by atoms with van der Waals surface area (Å²) in [5.41, 5.74) is 1.20. The molecule has 3 amide bonds. The van der Waals surface area contributed by atoms with Crippen LogP contribution in [0.5, 0.6) is 0 Å². The minimum absolute atomic E-state index is 0.242. The third-order valence-corrected chi connectivity index (χ3v) is 6.21. The Kier molecular flexibility index (Phi) is 11.6. The lowest BCUT2D eigenvalue weighted by Gasteiger charge is -2.43. The first-order valence-electron chi connectivity index (χ1n) is 13.9. The molecule has 7 nitrogen and oxygen atoms in total. The van der Waals surface area contributed by atoms with Crippen LogP contribution in [0.3, 0.4) is 0 Å². The molecule has 0 saturated carbocycles. The van der Waals surface area contributed by atoms with Crippen LogP contribution in [0.4, 0.5) is 4.79 Å². The normalized spacial score (nSPS) is 13.2. The molecule has 2 atom stereocenters. The predicted octanol–water partition coefficient (Wildman–Crippen LogP) is 6.11. The highest BCUT2D eigenvalue weighted by atomic mass is 16.6. The molecule has 0 aliphatic carbocycles. The molecule has 2 aromatic carbocycles. The Morgan fingerprint density at radius 3 is 2.05 bits per heavy atom. The Morgan fingerprint density at radius 2 is 1.51 bits per heavy atom. The van der Waals surface area contributed by atoms with Crippen LogP contribution in [-0.2, 0) is 20.7 Å². The van der Waals surface area contributed by atoms with Gasteiger partial charge in [0.2, 0.25) is 11.8 Å². The average molecular weight is 538 g/mol. The van der Waals surface area contributed by atoms with Crippen molar-refractivity contribution in [3.8, 4) is 0 Å². The highest BCUT2D eigenvalue weighted by Gasteiger charge is 2.41. The first-order valence-corrected chi connectivity index (χ1v) is 13.9. The molecule has 2 N–H and O–H groups in total. The van der Waals surface area contributed by atoms with Gasteiger partial charge in [-0.05, 0) is 66.0 Å². The first-order chi connectivity index (χ1) is 18.2. The number of carbonyl (C=O) groups is 3. The third kappa shape index (κ3) is 10.4. The lowest BCUT2D eigenvalue weighted by molar-refractivity contribution is -0.148. The van der Waals surface area contributed by atoms with E-state index in [1.54, 1.807) is 25.7 Å². The molecule has 0 aliphatic heterocycles. The van der Waals surface area contributed by atoms with Gasteiger partial charge in [-0.1, -0.05) is 79.9 Å². The topological polar surface area (TPSA) is 87.7 Å². The van der Waals surface area contributed by atoms with E-state index in [0.29, 0.717) is 12.1 Å². The molecule has 214 valence electrons. The Hall–Kier alpha value is -3.35. The van der Waals surface area contributed by atoms with Gasteiger partial charge in [-0.15, -0.1) is 0 Å². The molecule has 0 radical (unpaired) electrons. The van der Waals surface area contributed by atoms with Gasteiger partial charge < -0.3 is 20.3 Å². The van der Waals surface area contributed by atoms with E-state index in [9.17, 15) is 14.4 Å². The molecule has 0 fully saturated rings. The number of nitrogens with one attached hydrogen (secondary N) is 2. The zero-order valence-electron chi connectivity index (χ0n) is 25.0. The van der Waals surface area contributed by atoms with Gasteiger partial charge in [0.15, 0.2) is 0 Å². The number of carbonyl (C=O) groups excluding carboxylic acids is 3. The fourth-order valence-electron chi connectivity index (χ4n) is 4.36. The van der Waals surface area contributed by atoms with E-state index < -0.39 is 29.3 Å². The number of hydrogen-bond acceptors (Lipinski definition) is 4. The molecule has 0 heterocycles. The second-order valence-corrected chi connectivity index (χ2v) is 12.1. The fourth-order valence-corrected chi connectivity index (χ4v) is 4.36. The number of rotatable bonds is 11. The summed E-state index contributed by atoms with van der Waals surface area (Å²) in [5.74, 6) is -0.597. The number of ether oxygens (including phenoxy) is 1. The van der Waals surface area contributed by atoms with Crippen molar-refractivity contribution in [1.29, 1.82) is 0 Å². The van der Waals surface area contributed by atoms with Crippen molar-refractivity contribution in [3.63, 3.8) is 0 Å². The summed E-state index contributed by atoms with van der Waals surface area (Å²) in [4.78, 5) is 42.7. The van der Waals surface area contributed by atoms with Gasteiger partial charge in [-0.2, -0.15) is 0 Å². The Balaban J connectivity index is 2.53. The Bertz CT molecular complexity index is 1070. The van der Waals surface area contributed by atoms with Crippen LogP contribution in [0.1, 0.15) is 90.5 Å². The van der Waals surface area contributed by atoms with E-state index in [1.807, 2.05) is 82.3 Å². The maximum atomic E-state index is 14.4. The lowest BCUT2D eigenvalue weighted by atomic mass is 9.93. The average Bonchev–Trinajstić information content (AvgIpc) is 2.83. The Labute approximate surface area is 234 Å². The van der Waals surface area contributed by atoms with Gasteiger partial charge in [-0.3, -0.25) is 9.59 Å². The second-order valence-electron chi connectivity index (χ2n) is 12.1. The van der Waals surface area contributed by atoms with Gasteiger partial charge in [-0.25, -0.2) is 4.79 Å². The zero-order valence-corrected chi connectivity index (χ0v) is 25.0. The largest absolute Gasteiger partial charge is 0.444 e. The highest BCUT2D eigenvalue weighted by molar-refractivity contribution is 5.92. The molecule has 2 rings (SSSR count). The van der Waals surface area contributed by atoms with Crippen molar-refractivity contribution in [2.75, 3.05) is 6.54 Å². The number of amides is 3. The molecule has 0 spiro atoms. The Morgan fingerprint density at radius 1 is 0.897 bits per heavy atom. The van der Waals surface area contributed by atoms with Gasteiger partial charge in [0, 0.05) is 18.5 Å². The van der Waals surface area contributed by atoms with E-state index in [0.717, 1.165) is 30.4 Å². The maximum absolute atomic E-state index is 14.4. The van der Waals surface area contributed by atoms with Crippen LogP contribution < -0.4 is 10.6 Å². The van der Waals surface area contributed by atoms with Crippen molar-refractivity contribution >= 4 is 17.9 Å². The van der Waals surface area contributed by atoms with E-state index in [2.05, 4.69) is 17.6 Å². The molecule has 0 aliphatic rings. The molecule has 2 aromatic rings. The molecular weight excluding hydrogens is 490 g/mol. The second kappa shape index (κ2) is 14.2. The summed E-state index contributed by atoms with van der Waals surface area (Å²) in [5, 5.41) is 5.86. The molecule has 0 saturated heterocycles. The highest BCUT2D eigenvalue weighted by Crippen LogP contribution is 2.31. The summed E-state index contributed by atoms with van der Waals surface area (Å²) in [6.07, 6.45) is 2.49. The van der Waals surface area contributed by atoms with Crippen LogP contribution in [-0.4, -0.2) is 46.5 Å². The van der Waals surface area contributed by atoms with Crippen molar-refractivity contribution in [3.05, 3.63) is 71.3 Å². The summed E-state index contributed by atoms with van der Waals surface area (Å²) in [6, 6.07) is 15.4. The fraction of sp³-hybridized carbons (Fsp3) is 0.531. The lowest BCUT2D eigenvalue weighted by Crippen LogP contribution is -2.59. The summed E-state index contributed by atoms with van der Waals surface area (Å²) < 4.78 is 5.50. The number of alkyl carbamates (subject to hydrolysis) is 1. The van der Waals surface area contributed by atoms with Crippen LogP contribution in [0, 0.1) is 6.92 Å². The van der Waals surface area contributed by atoms with Crippen LogP contribution in [0.25, 0.3) is 0 Å². The monoisotopic (exact) mass is 537 g/mol. The standard InChI is InChI=1S/C32H47N3O4/c1-9-10-14-21-33-28(36)27(25-19-17-23(2)18-20-25)35(31(3,4)5)29(37)26(22-24-15-12-11-13-16-24)34-30(38)39-32(6,7)8/h11-13,15-20,26-27H,9-10,14,21-22H2,1-8H3,(H,33,36)(H,34,38). The predicted molar refractivity (Wildman–Crippen MR) is 156 cm³/mol. The zero-order chi connectivity index (χ0) is 29.2. The van der Waals surface area contributed by atoms with Gasteiger partial charge in [0.25, 0.3) is 0 Å². The number of benzene rings is 2. The van der Waals surface area contributed by atoms with E-state index in [1.165, 1.54) is 0 Å². The van der Waals surface area contributed by atoms with Gasteiger partial charge in [0.05, 0.1) is 0 Å². The third-order valence-electron chi connectivity index (χ3n) is 6.21. The smallest absolute Gasteiger partial charge is 0.408 e. The molecular formula is C32H47N3O4. The van der Waals surface area contributed by atoms with Crippen LogP contribution in [0.15, 0.2) is 54.6 Å². The minimum atomic E-state index is -0.942. The summed E-state index contributed by atoms with van der Waals surface area (Å²) in [6.45, 7) is 15.7. The van der Waals surface area contributed by atoms with Crippen molar-refractivity contribution < 1.29 is 19.1 Å². The minimum Gasteiger partial charge on any atom is -0.444 e. The van der Waals surface area contributed by atoms with Crippen molar-refractivity contribution in [1.82, 2.24) is 15.5 Å². The van der Waals surface area contributed by atoms with Crippen LogP contribution in [0.2, 0.25) is 0 Å². The first kappa shape index (κ1) is 31.9. The SMILES string of the molecule is CCCCCNC(=O)C(c1ccc(C)cc1)N(C(=O)C(Cc1ccccc1)NC(=O)OC(C)(C)C)C(C)(C)C. The van der Waals surface area contributed by atoms with Crippen molar-refractivity contribution in [2.45, 2.75) is 104 Å². The van der Waals surface area contributed by atoms with Gasteiger partial charge >= 0.3 is 6.09 Å². The van der Waals surface area contributed by atoms with E-state index >= 15 is 0 Å². The van der Waals surface area contributed by atoms with E-state index in [-0.39, 0.29) is 18.2 Å².